The third kappa shape index (κ3) is 4.42. The van der Waals surface area contributed by atoms with Gasteiger partial charge >= 0.3 is 6.01 Å². The molecule has 0 N–H and O–H groups in total. The normalized spacial score (nSPS) is 14.5. The second-order valence-corrected chi connectivity index (χ2v) is 7.47. The van der Waals surface area contributed by atoms with Crippen LogP contribution >= 0.6 is 0 Å². The maximum absolute atomic E-state index is 12.9. The molecule has 0 saturated carbocycles. The lowest BCUT2D eigenvalue weighted by Gasteiger charge is -2.32. The topological polar surface area (TPSA) is 104 Å². The summed E-state index contributed by atoms with van der Waals surface area (Å²) < 4.78 is 14.2. The van der Waals surface area contributed by atoms with E-state index >= 15 is 0 Å². The zero-order valence-corrected chi connectivity index (χ0v) is 17.7. The monoisotopic (exact) mass is 424 g/mol. The van der Waals surface area contributed by atoms with Crippen molar-refractivity contribution < 1.29 is 14.3 Å². The molecule has 31 heavy (non-hydrogen) atoms. The van der Waals surface area contributed by atoms with Gasteiger partial charge in [0.25, 0.3) is 11.5 Å². The van der Waals surface area contributed by atoms with E-state index in [-0.39, 0.29) is 23.3 Å². The molecule has 1 amide bonds. The van der Waals surface area contributed by atoms with Gasteiger partial charge < -0.3 is 18.9 Å². The van der Waals surface area contributed by atoms with Crippen LogP contribution in [0.4, 0.5) is 0 Å². The molecule has 0 aromatic carbocycles. The van der Waals surface area contributed by atoms with E-state index in [2.05, 4.69) is 15.1 Å². The highest BCUT2D eigenvalue weighted by Gasteiger charge is 2.27. The van der Waals surface area contributed by atoms with Gasteiger partial charge in [-0.25, -0.2) is 9.97 Å². The van der Waals surface area contributed by atoms with Crippen molar-refractivity contribution in [2.45, 2.75) is 18.9 Å². The molecule has 1 saturated heterocycles. The Hall–Kier alpha value is -3.69. The van der Waals surface area contributed by atoms with Crippen LogP contribution in [0.2, 0.25) is 0 Å². The number of aromatic nitrogens is 5. The lowest BCUT2D eigenvalue weighted by Crippen LogP contribution is -2.42. The molecule has 0 unspecified atom stereocenters. The predicted molar refractivity (Wildman–Crippen MR) is 112 cm³/mol. The molecule has 3 aromatic rings. The first-order valence-electron chi connectivity index (χ1n) is 9.96. The maximum Gasteiger partial charge on any atom is 0.316 e. The summed E-state index contributed by atoms with van der Waals surface area (Å²) in [5, 5.41) is 4.15. The number of rotatable bonds is 5. The van der Waals surface area contributed by atoms with Gasteiger partial charge in [-0.15, -0.1) is 0 Å². The number of pyridine rings is 1. The molecule has 4 heterocycles. The number of nitrogens with zero attached hydrogens (tertiary/aromatic N) is 6. The first-order valence-corrected chi connectivity index (χ1v) is 9.96. The minimum atomic E-state index is -0.227. The Balaban J connectivity index is 1.36. The number of ether oxygens (including phenoxy) is 2. The van der Waals surface area contributed by atoms with Crippen molar-refractivity contribution in [3.63, 3.8) is 0 Å². The Morgan fingerprint density at radius 1 is 1.06 bits per heavy atom. The SMILES string of the molecule is COc1cc(=O)n(C)cc1C(=O)N1CCC(Oc2ncc(-c3cnn(C)c3)cn2)CC1. The fraction of sp³-hybridized carbons (Fsp3) is 0.381. The highest BCUT2D eigenvalue weighted by molar-refractivity contribution is 5.96. The number of hydrogen-bond donors (Lipinski definition) is 0. The van der Waals surface area contributed by atoms with Crippen molar-refractivity contribution in [3.05, 3.63) is 53.0 Å². The molecule has 0 radical (unpaired) electrons. The highest BCUT2D eigenvalue weighted by atomic mass is 16.5. The molecule has 4 rings (SSSR count). The molecule has 0 atom stereocenters. The van der Waals surface area contributed by atoms with Crippen molar-refractivity contribution in [2.75, 3.05) is 20.2 Å². The number of likely N-dealkylation sites (tertiary alicyclic amines) is 1. The molecule has 1 aliphatic rings. The molecule has 1 fully saturated rings. The molecule has 0 aliphatic carbocycles. The van der Waals surface area contributed by atoms with E-state index in [0.717, 1.165) is 11.1 Å². The zero-order chi connectivity index (χ0) is 22.0. The van der Waals surface area contributed by atoms with Gasteiger partial charge in [0.1, 0.15) is 11.9 Å². The van der Waals surface area contributed by atoms with Gasteiger partial charge in [0.2, 0.25) is 0 Å². The molecular formula is C21H24N6O4. The molecule has 162 valence electrons. The standard InChI is InChI=1S/C21H24N6O4/c1-25-13-17(18(30-3)8-19(25)28)20(29)27-6-4-16(5-7-27)31-21-22-9-14(10-23-21)15-11-24-26(2)12-15/h8-13,16H,4-7H2,1-3H3. The van der Waals surface area contributed by atoms with Crippen molar-refractivity contribution in [3.8, 4) is 22.9 Å². The van der Waals surface area contributed by atoms with Gasteiger partial charge in [-0.3, -0.25) is 14.3 Å². The number of aryl methyl sites for hydroxylation is 2. The first kappa shape index (κ1) is 20.6. The average Bonchev–Trinajstić information content (AvgIpc) is 3.22. The van der Waals surface area contributed by atoms with Crippen LogP contribution in [-0.2, 0) is 14.1 Å². The van der Waals surface area contributed by atoms with E-state index in [1.165, 1.54) is 23.9 Å². The number of amides is 1. The van der Waals surface area contributed by atoms with Crippen molar-refractivity contribution >= 4 is 5.91 Å². The summed E-state index contributed by atoms with van der Waals surface area (Å²) in [5.74, 6) is 0.122. The smallest absolute Gasteiger partial charge is 0.316 e. The van der Waals surface area contributed by atoms with Crippen LogP contribution in [-0.4, -0.2) is 61.4 Å². The van der Waals surface area contributed by atoms with E-state index in [0.29, 0.717) is 37.5 Å². The second-order valence-electron chi connectivity index (χ2n) is 7.47. The summed E-state index contributed by atoms with van der Waals surface area (Å²) in [5.41, 5.74) is 1.95. The second kappa shape index (κ2) is 8.58. The summed E-state index contributed by atoms with van der Waals surface area (Å²) in [4.78, 5) is 35.1. The minimum Gasteiger partial charge on any atom is -0.496 e. The van der Waals surface area contributed by atoms with Gasteiger partial charge in [0.15, 0.2) is 0 Å². The highest BCUT2D eigenvalue weighted by Crippen LogP contribution is 2.23. The van der Waals surface area contributed by atoms with Crippen LogP contribution in [0.25, 0.3) is 11.1 Å². The quantitative estimate of drug-likeness (QED) is 0.607. The molecule has 10 heteroatoms. The Labute approximate surface area is 179 Å². The third-order valence-corrected chi connectivity index (χ3v) is 5.31. The van der Waals surface area contributed by atoms with Crippen molar-refractivity contribution in [1.82, 2.24) is 29.2 Å². The van der Waals surface area contributed by atoms with Crippen LogP contribution in [0.15, 0.2) is 41.8 Å². The Bertz CT molecular complexity index is 1130. The molecule has 10 nitrogen and oxygen atoms in total. The lowest BCUT2D eigenvalue weighted by molar-refractivity contribution is 0.0575. The van der Waals surface area contributed by atoms with Crippen LogP contribution < -0.4 is 15.0 Å². The van der Waals surface area contributed by atoms with Gasteiger partial charge in [-0.2, -0.15) is 5.10 Å². The largest absolute Gasteiger partial charge is 0.496 e. The van der Waals surface area contributed by atoms with Gasteiger partial charge in [-0.1, -0.05) is 0 Å². The molecule has 1 aliphatic heterocycles. The van der Waals surface area contributed by atoms with Crippen LogP contribution in [0, 0.1) is 0 Å². The van der Waals surface area contributed by atoms with E-state index < -0.39 is 0 Å². The first-order chi connectivity index (χ1) is 14.9. The summed E-state index contributed by atoms with van der Waals surface area (Å²) in [6.45, 7) is 1.06. The van der Waals surface area contributed by atoms with Crippen molar-refractivity contribution in [2.24, 2.45) is 14.1 Å². The van der Waals surface area contributed by atoms with Crippen LogP contribution in [0.3, 0.4) is 0 Å². The molecule has 3 aromatic heterocycles. The summed E-state index contributed by atoms with van der Waals surface area (Å²) in [6, 6.07) is 1.65. The summed E-state index contributed by atoms with van der Waals surface area (Å²) in [6.07, 6.45) is 9.84. The fourth-order valence-corrected chi connectivity index (χ4v) is 3.53. The Kier molecular flexibility index (Phi) is 5.70. The van der Waals surface area contributed by atoms with E-state index in [1.807, 2.05) is 13.2 Å². The number of hydrogen-bond acceptors (Lipinski definition) is 7. The van der Waals surface area contributed by atoms with E-state index in [9.17, 15) is 9.59 Å². The van der Waals surface area contributed by atoms with Gasteiger partial charge in [0.05, 0.1) is 18.9 Å². The number of piperidine rings is 1. The van der Waals surface area contributed by atoms with Crippen LogP contribution in [0.5, 0.6) is 11.8 Å². The minimum absolute atomic E-state index is 0.0738. The number of methoxy groups -OCH3 is 1. The van der Waals surface area contributed by atoms with Crippen LogP contribution in [0.1, 0.15) is 23.2 Å². The Morgan fingerprint density at radius 3 is 2.39 bits per heavy atom. The molecule has 0 spiro atoms. The lowest BCUT2D eigenvalue weighted by atomic mass is 10.1. The average molecular weight is 424 g/mol. The maximum atomic E-state index is 12.9. The molecule has 0 bridgehead atoms. The summed E-state index contributed by atoms with van der Waals surface area (Å²) >= 11 is 0. The molecular weight excluding hydrogens is 400 g/mol. The predicted octanol–water partition coefficient (Wildman–Crippen LogP) is 1.27. The van der Waals surface area contributed by atoms with Gasteiger partial charge in [0, 0.05) is 82.0 Å². The Morgan fingerprint density at radius 2 is 1.77 bits per heavy atom. The zero-order valence-electron chi connectivity index (χ0n) is 17.7. The third-order valence-electron chi connectivity index (χ3n) is 5.31. The van der Waals surface area contributed by atoms with E-state index in [4.69, 9.17) is 9.47 Å². The number of carbonyl (C=O) groups is 1. The fourth-order valence-electron chi connectivity index (χ4n) is 3.53. The van der Waals surface area contributed by atoms with Crippen molar-refractivity contribution in [1.29, 1.82) is 0 Å². The van der Waals surface area contributed by atoms with E-state index in [1.54, 1.807) is 35.2 Å². The summed E-state index contributed by atoms with van der Waals surface area (Å²) in [7, 11) is 4.91. The number of carbonyl (C=O) groups excluding carboxylic acids is 1. The van der Waals surface area contributed by atoms with Gasteiger partial charge in [-0.05, 0) is 0 Å².